The van der Waals surface area contributed by atoms with Crippen molar-refractivity contribution < 1.29 is 0 Å². The molecule has 1 unspecified atom stereocenters. The van der Waals surface area contributed by atoms with Crippen LogP contribution in [0.25, 0.3) is 0 Å². The van der Waals surface area contributed by atoms with E-state index in [1.165, 1.54) is 4.88 Å². The van der Waals surface area contributed by atoms with Crippen LogP contribution in [0.3, 0.4) is 0 Å². The monoisotopic (exact) mass is 248 g/mol. The first-order valence-electron chi connectivity index (χ1n) is 4.93. The Labute approximate surface area is 103 Å². The molecule has 1 aromatic rings. The van der Waals surface area contributed by atoms with Crippen molar-refractivity contribution in [2.45, 2.75) is 32.4 Å². The largest absolute Gasteiger partial charge is 0.324 e. The first-order chi connectivity index (χ1) is 6.40. The lowest BCUT2D eigenvalue weighted by Gasteiger charge is -2.30. The number of hydrogen-bond donors (Lipinski definition) is 1. The van der Waals surface area contributed by atoms with E-state index in [-0.39, 0.29) is 17.9 Å². The number of rotatable bonds is 4. The molecule has 4 heteroatoms. The van der Waals surface area contributed by atoms with E-state index in [9.17, 15) is 0 Å². The number of hydrogen-bond acceptors (Lipinski definition) is 3. The standard InChI is InChI=1S/C11H20N2S.ClH/c1-9(10-6-5-7-14-10)13(4)8-11(2,3)12;/h5-7,9H,8,12H2,1-4H3;1H. The molecule has 0 radical (unpaired) electrons. The van der Waals surface area contributed by atoms with Crippen LogP contribution < -0.4 is 5.73 Å². The third kappa shape index (κ3) is 4.98. The smallest absolute Gasteiger partial charge is 0.0411 e. The minimum atomic E-state index is -0.125. The molecule has 0 fully saturated rings. The highest BCUT2D eigenvalue weighted by molar-refractivity contribution is 7.10. The van der Waals surface area contributed by atoms with Crippen molar-refractivity contribution in [2.24, 2.45) is 5.73 Å². The third-order valence-corrected chi connectivity index (χ3v) is 3.32. The molecule has 1 rings (SSSR count). The van der Waals surface area contributed by atoms with Crippen LogP contribution in [-0.2, 0) is 0 Å². The van der Waals surface area contributed by atoms with Gasteiger partial charge in [-0.25, -0.2) is 0 Å². The lowest BCUT2D eigenvalue weighted by atomic mass is 10.1. The second kappa shape index (κ2) is 5.85. The molecule has 1 atom stereocenters. The van der Waals surface area contributed by atoms with Crippen LogP contribution in [-0.4, -0.2) is 24.0 Å². The second-order valence-corrected chi connectivity index (χ2v) is 5.57. The van der Waals surface area contributed by atoms with Crippen molar-refractivity contribution in [3.05, 3.63) is 22.4 Å². The van der Waals surface area contributed by atoms with Gasteiger partial charge in [-0.1, -0.05) is 6.07 Å². The first-order valence-corrected chi connectivity index (χ1v) is 5.80. The van der Waals surface area contributed by atoms with Gasteiger partial charge in [0.25, 0.3) is 0 Å². The number of halogens is 1. The van der Waals surface area contributed by atoms with Gasteiger partial charge in [0.05, 0.1) is 0 Å². The molecular weight excluding hydrogens is 228 g/mol. The predicted molar refractivity (Wildman–Crippen MR) is 70.9 cm³/mol. The van der Waals surface area contributed by atoms with Crippen molar-refractivity contribution >= 4 is 23.7 Å². The van der Waals surface area contributed by atoms with Gasteiger partial charge in [0.2, 0.25) is 0 Å². The van der Waals surface area contributed by atoms with Crippen molar-refractivity contribution in [3.8, 4) is 0 Å². The van der Waals surface area contributed by atoms with Crippen LogP contribution in [0.4, 0.5) is 0 Å². The molecule has 0 saturated carbocycles. The van der Waals surface area contributed by atoms with Gasteiger partial charge in [-0.2, -0.15) is 0 Å². The molecule has 0 aliphatic carbocycles. The molecule has 0 aliphatic rings. The summed E-state index contributed by atoms with van der Waals surface area (Å²) in [6, 6.07) is 4.73. The highest BCUT2D eigenvalue weighted by Gasteiger charge is 2.19. The fraction of sp³-hybridized carbons (Fsp3) is 0.636. The van der Waals surface area contributed by atoms with Crippen molar-refractivity contribution in [1.82, 2.24) is 4.90 Å². The molecule has 2 N–H and O–H groups in total. The molecule has 0 amide bonds. The van der Waals surface area contributed by atoms with Gasteiger partial charge in [0, 0.05) is 23.0 Å². The second-order valence-electron chi connectivity index (χ2n) is 4.60. The summed E-state index contributed by atoms with van der Waals surface area (Å²) in [5, 5.41) is 2.12. The zero-order valence-electron chi connectivity index (χ0n) is 9.86. The average molecular weight is 249 g/mol. The van der Waals surface area contributed by atoms with Crippen molar-refractivity contribution in [1.29, 1.82) is 0 Å². The number of likely N-dealkylation sites (N-methyl/N-ethyl adjacent to an activating group) is 1. The lowest BCUT2D eigenvalue weighted by Crippen LogP contribution is -2.44. The summed E-state index contributed by atoms with van der Waals surface area (Å²) in [5.74, 6) is 0. The van der Waals surface area contributed by atoms with Crippen LogP contribution >= 0.6 is 23.7 Å². The Bertz CT molecular complexity index is 267. The third-order valence-electron chi connectivity index (χ3n) is 2.27. The molecule has 1 aromatic heterocycles. The lowest BCUT2D eigenvalue weighted by molar-refractivity contribution is 0.218. The molecule has 0 spiro atoms. The summed E-state index contributed by atoms with van der Waals surface area (Å²) in [7, 11) is 2.12. The first kappa shape index (κ1) is 14.9. The van der Waals surface area contributed by atoms with Crippen molar-refractivity contribution in [3.63, 3.8) is 0 Å². The van der Waals surface area contributed by atoms with E-state index in [2.05, 4.69) is 50.2 Å². The number of thiophene rings is 1. The van der Waals surface area contributed by atoms with Crippen molar-refractivity contribution in [2.75, 3.05) is 13.6 Å². The van der Waals surface area contributed by atoms with Gasteiger partial charge in [0.15, 0.2) is 0 Å². The Morgan fingerprint density at radius 1 is 1.53 bits per heavy atom. The highest BCUT2D eigenvalue weighted by Crippen LogP contribution is 2.23. The van der Waals surface area contributed by atoms with Crippen LogP contribution in [0.2, 0.25) is 0 Å². The molecule has 0 aliphatic heterocycles. The summed E-state index contributed by atoms with van der Waals surface area (Å²) >= 11 is 1.80. The van der Waals surface area contributed by atoms with Crippen LogP contribution in [0.5, 0.6) is 0 Å². The van der Waals surface area contributed by atoms with Gasteiger partial charge in [-0.15, -0.1) is 23.7 Å². The fourth-order valence-corrected chi connectivity index (χ4v) is 2.37. The van der Waals surface area contributed by atoms with Crippen LogP contribution in [0.15, 0.2) is 17.5 Å². The minimum Gasteiger partial charge on any atom is -0.324 e. The van der Waals surface area contributed by atoms with E-state index in [4.69, 9.17) is 5.73 Å². The maximum absolute atomic E-state index is 5.99. The molecule has 88 valence electrons. The molecule has 0 saturated heterocycles. The molecule has 1 heterocycles. The molecule has 15 heavy (non-hydrogen) atoms. The van der Waals surface area contributed by atoms with E-state index in [0.717, 1.165) is 6.54 Å². The maximum atomic E-state index is 5.99. The summed E-state index contributed by atoms with van der Waals surface area (Å²) < 4.78 is 0. The summed E-state index contributed by atoms with van der Waals surface area (Å²) in [6.07, 6.45) is 0. The summed E-state index contributed by atoms with van der Waals surface area (Å²) in [5.41, 5.74) is 5.86. The zero-order chi connectivity index (χ0) is 10.8. The minimum absolute atomic E-state index is 0. The maximum Gasteiger partial charge on any atom is 0.0411 e. The topological polar surface area (TPSA) is 29.3 Å². The number of nitrogens with zero attached hydrogens (tertiary/aromatic N) is 1. The molecule has 2 nitrogen and oxygen atoms in total. The Hall–Kier alpha value is -0.0900. The molecular formula is C11H21ClN2S. The molecule has 0 aromatic carbocycles. The average Bonchev–Trinajstić information content (AvgIpc) is 2.51. The van der Waals surface area contributed by atoms with Gasteiger partial charge in [0.1, 0.15) is 0 Å². The SMILES string of the molecule is CC(c1cccs1)N(C)CC(C)(C)N.Cl. The van der Waals surface area contributed by atoms with Crippen LogP contribution in [0, 0.1) is 0 Å². The van der Waals surface area contributed by atoms with E-state index in [1.54, 1.807) is 11.3 Å². The number of nitrogens with two attached hydrogens (primary N) is 1. The summed E-state index contributed by atoms with van der Waals surface area (Å²) in [4.78, 5) is 3.70. The summed E-state index contributed by atoms with van der Waals surface area (Å²) in [6.45, 7) is 7.25. The van der Waals surface area contributed by atoms with E-state index >= 15 is 0 Å². The van der Waals surface area contributed by atoms with E-state index in [1.807, 2.05) is 0 Å². The zero-order valence-corrected chi connectivity index (χ0v) is 11.5. The quantitative estimate of drug-likeness (QED) is 0.888. The Morgan fingerprint density at radius 3 is 2.53 bits per heavy atom. The Balaban J connectivity index is 0.00000196. The van der Waals surface area contributed by atoms with Gasteiger partial charge in [-0.05, 0) is 39.3 Å². The van der Waals surface area contributed by atoms with Gasteiger partial charge in [-0.3, -0.25) is 4.90 Å². The van der Waals surface area contributed by atoms with Crippen LogP contribution in [0.1, 0.15) is 31.7 Å². The normalized spacial score (nSPS) is 13.7. The Morgan fingerprint density at radius 2 is 2.13 bits per heavy atom. The van der Waals surface area contributed by atoms with E-state index in [0.29, 0.717) is 6.04 Å². The highest BCUT2D eigenvalue weighted by atomic mass is 35.5. The predicted octanol–water partition coefficient (Wildman–Crippen LogP) is 2.90. The Kier molecular flexibility index (Phi) is 5.81. The van der Waals surface area contributed by atoms with E-state index < -0.39 is 0 Å². The van der Waals surface area contributed by atoms with Gasteiger partial charge < -0.3 is 5.73 Å². The fourth-order valence-electron chi connectivity index (χ4n) is 1.53. The molecule has 0 bridgehead atoms. The van der Waals surface area contributed by atoms with Gasteiger partial charge >= 0.3 is 0 Å².